The first kappa shape index (κ1) is 14.4. The second kappa shape index (κ2) is 5.68. The molecule has 0 radical (unpaired) electrons. The quantitative estimate of drug-likeness (QED) is 0.752. The number of aryl methyl sites for hydroxylation is 1. The van der Waals surface area contributed by atoms with Crippen molar-refractivity contribution in [2.24, 2.45) is 0 Å². The van der Waals surface area contributed by atoms with Crippen LogP contribution in [0.1, 0.15) is 25.5 Å². The summed E-state index contributed by atoms with van der Waals surface area (Å²) < 4.78 is 1.90. The predicted molar refractivity (Wildman–Crippen MR) is 89.9 cm³/mol. The first-order valence-electron chi connectivity index (χ1n) is 7.52. The Morgan fingerprint density at radius 2 is 1.59 bits per heavy atom. The first-order chi connectivity index (χ1) is 10.6. The highest BCUT2D eigenvalue weighted by Gasteiger charge is 2.22. The zero-order valence-electron chi connectivity index (χ0n) is 13.1. The molecule has 3 aromatic rings. The summed E-state index contributed by atoms with van der Waals surface area (Å²) in [5.74, 6) is 0.0816. The van der Waals surface area contributed by atoms with Crippen molar-refractivity contribution >= 4 is 0 Å². The lowest BCUT2D eigenvalue weighted by atomic mass is 9.98. The van der Waals surface area contributed by atoms with Crippen LogP contribution in [-0.4, -0.2) is 14.9 Å². The number of aromatic nitrogens is 2. The van der Waals surface area contributed by atoms with Gasteiger partial charge in [-0.3, -0.25) is 4.68 Å². The average molecular weight is 292 g/mol. The molecule has 0 bridgehead atoms. The van der Waals surface area contributed by atoms with E-state index in [1.807, 2.05) is 47.1 Å². The van der Waals surface area contributed by atoms with E-state index in [0.29, 0.717) is 0 Å². The third kappa shape index (κ3) is 2.39. The molecule has 3 rings (SSSR count). The lowest BCUT2D eigenvalue weighted by Gasteiger charge is -2.14. The van der Waals surface area contributed by atoms with E-state index in [1.165, 1.54) is 5.56 Å². The number of aromatic hydroxyl groups is 1. The average Bonchev–Trinajstić information content (AvgIpc) is 2.86. The van der Waals surface area contributed by atoms with Crippen LogP contribution < -0.4 is 0 Å². The number of rotatable bonds is 3. The van der Waals surface area contributed by atoms with E-state index < -0.39 is 0 Å². The third-order valence-corrected chi connectivity index (χ3v) is 3.84. The van der Waals surface area contributed by atoms with E-state index in [-0.39, 0.29) is 11.9 Å². The third-order valence-electron chi connectivity index (χ3n) is 3.84. The van der Waals surface area contributed by atoms with Crippen molar-refractivity contribution < 1.29 is 5.11 Å². The second-order valence-electron chi connectivity index (χ2n) is 5.77. The van der Waals surface area contributed by atoms with Gasteiger partial charge in [0.25, 0.3) is 0 Å². The first-order valence-corrected chi connectivity index (χ1v) is 7.52. The molecular formula is C19H20N2O. The van der Waals surface area contributed by atoms with Gasteiger partial charge in [-0.25, -0.2) is 0 Å². The van der Waals surface area contributed by atoms with Crippen LogP contribution in [0.4, 0.5) is 0 Å². The van der Waals surface area contributed by atoms with Crippen molar-refractivity contribution in [1.82, 2.24) is 9.78 Å². The molecule has 0 saturated carbocycles. The summed E-state index contributed by atoms with van der Waals surface area (Å²) >= 11 is 0. The summed E-state index contributed by atoms with van der Waals surface area (Å²) in [4.78, 5) is 0. The molecule has 0 saturated heterocycles. The zero-order valence-corrected chi connectivity index (χ0v) is 13.1. The smallest absolute Gasteiger partial charge is 0.238 e. The van der Waals surface area contributed by atoms with Gasteiger partial charge in [-0.1, -0.05) is 54.6 Å². The largest absolute Gasteiger partial charge is 0.492 e. The minimum Gasteiger partial charge on any atom is -0.492 e. The van der Waals surface area contributed by atoms with Crippen LogP contribution in [0.25, 0.3) is 22.4 Å². The minimum absolute atomic E-state index is 0.0816. The maximum Gasteiger partial charge on any atom is 0.238 e. The molecule has 1 aromatic heterocycles. The Morgan fingerprint density at radius 3 is 2.23 bits per heavy atom. The molecule has 0 spiro atoms. The van der Waals surface area contributed by atoms with Crippen LogP contribution in [0.3, 0.4) is 0 Å². The number of hydrogen-bond donors (Lipinski definition) is 1. The molecule has 22 heavy (non-hydrogen) atoms. The van der Waals surface area contributed by atoms with Crippen molar-refractivity contribution in [2.75, 3.05) is 0 Å². The van der Waals surface area contributed by atoms with Crippen molar-refractivity contribution in [3.8, 4) is 28.3 Å². The van der Waals surface area contributed by atoms with Crippen LogP contribution >= 0.6 is 0 Å². The molecule has 3 heteroatoms. The van der Waals surface area contributed by atoms with Gasteiger partial charge >= 0.3 is 0 Å². The van der Waals surface area contributed by atoms with E-state index in [2.05, 4.69) is 38.0 Å². The van der Waals surface area contributed by atoms with Crippen molar-refractivity contribution in [3.05, 3.63) is 60.2 Å². The molecule has 1 heterocycles. The van der Waals surface area contributed by atoms with E-state index in [1.54, 1.807) is 0 Å². The van der Waals surface area contributed by atoms with E-state index in [9.17, 15) is 5.11 Å². The van der Waals surface area contributed by atoms with E-state index in [0.717, 1.165) is 22.4 Å². The van der Waals surface area contributed by atoms with Gasteiger partial charge in [0.05, 0.1) is 11.3 Å². The summed E-state index contributed by atoms with van der Waals surface area (Å²) in [7, 11) is 0. The summed E-state index contributed by atoms with van der Waals surface area (Å²) in [5.41, 5.74) is 5.01. The van der Waals surface area contributed by atoms with Gasteiger partial charge in [0, 0.05) is 11.6 Å². The number of benzene rings is 2. The van der Waals surface area contributed by atoms with Gasteiger partial charge in [0.2, 0.25) is 5.88 Å². The lowest BCUT2D eigenvalue weighted by Crippen LogP contribution is -2.05. The Kier molecular flexibility index (Phi) is 3.72. The maximum atomic E-state index is 10.4. The topological polar surface area (TPSA) is 38.1 Å². The molecule has 2 aromatic carbocycles. The molecular weight excluding hydrogens is 272 g/mol. The SMILES string of the molecule is Cc1ccccc1-c1c(-c2ccccc2)c(O)nn1C(C)C. The van der Waals surface area contributed by atoms with Crippen LogP contribution in [0.5, 0.6) is 5.88 Å². The summed E-state index contributed by atoms with van der Waals surface area (Å²) in [6.07, 6.45) is 0. The molecule has 0 aliphatic rings. The Morgan fingerprint density at radius 1 is 0.955 bits per heavy atom. The van der Waals surface area contributed by atoms with Crippen LogP contribution in [0, 0.1) is 6.92 Å². The minimum atomic E-state index is 0.0816. The fraction of sp³-hybridized carbons (Fsp3) is 0.211. The van der Waals surface area contributed by atoms with Gasteiger partial charge in [0.1, 0.15) is 0 Å². The van der Waals surface area contributed by atoms with Crippen LogP contribution in [0.2, 0.25) is 0 Å². The van der Waals surface area contributed by atoms with Crippen molar-refractivity contribution in [1.29, 1.82) is 0 Å². The maximum absolute atomic E-state index is 10.4. The molecule has 0 unspecified atom stereocenters. The highest BCUT2D eigenvalue weighted by Crippen LogP contribution is 2.40. The molecule has 0 aliphatic heterocycles. The Balaban J connectivity index is 2.34. The Labute approximate surface area is 130 Å². The van der Waals surface area contributed by atoms with Gasteiger partial charge < -0.3 is 5.11 Å². The normalized spacial score (nSPS) is 11.1. The predicted octanol–water partition coefficient (Wildman–Crippen LogP) is 4.81. The molecule has 1 N–H and O–H groups in total. The van der Waals surface area contributed by atoms with Gasteiger partial charge in [0.15, 0.2) is 0 Å². The van der Waals surface area contributed by atoms with Crippen LogP contribution in [0.15, 0.2) is 54.6 Å². The molecule has 112 valence electrons. The number of hydrogen-bond acceptors (Lipinski definition) is 2. The van der Waals surface area contributed by atoms with Gasteiger partial charge in [-0.05, 0) is 31.9 Å². The summed E-state index contributed by atoms with van der Waals surface area (Å²) in [5, 5.41) is 14.8. The van der Waals surface area contributed by atoms with E-state index in [4.69, 9.17) is 0 Å². The van der Waals surface area contributed by atoms with Gasteiger partial charge in [-0.2, -0.15) is 0 Å². The highest BCUT2D eigenvalue weighted by atomic mass is 16.3. The van der Waals surface area contributed by atoms with Crippen LogP contribution in [-0.2, 0) is 0 Å². The summed E-state index contributed by atoms with van der Waals surface area (Å²) in [6, 6.07) is 18.3. The fourth-order valence-corrected chi connectivity index (χ4v) is 2.76. The molecule has 0 fully saturated rings. The highest BCUT2D eigenvalue weighted by molar-refractivity contribution is 5.85. The van der Waals surface area contributed by atoms with Gasteiger partial charge in [-0.15, -0.1) is 5.10 Å². The molecule has 0 atom stereocenters. The second-order valence-corrected chi connectivity index (χ2v) is 5.77. The Hall–Kier alpha value is -2.55. The fourth-order valence-electron chi connectivity index (χ4n) is 2.76. The number of nitrogens with zero attached hydrogens (tertiary/aromatic N) is 2. The van der Waals surface area contributed by atoms with Crippen molar-refractivity contribution in [2.45, 2.75) is 26.8 Å². The standard InChI is InChI=1S/C19H20N2O/c1-13(2)21-18(16-12-8-7-9-14(16)3)17(19(22)20-21)15-10-5-4-6-11-15/h4-13H,1-3H3,(H,20,22). The molecule has 3 nitrogen and oxygen atoms in total. The monoisotopic (exact) mass is 292 g/mol. The van der Waals surface area contributed by atoms with Crippen molar-refractivity contribution in [3.63, 3.8) is 0 Å². The lowest BCUT2D eigenvalue weighted by molar-refractivity contribution is 0.428. The Bertz CT molecular complexity index is 788. The zero-order chi connectivity index (χ0) is 15.7. The van der Waals surface area contributed by atoms with E-state index >= 15 is 0 Å². The molecule has 0 amide bonds. The summed E-state index contributed by atoms with van der Waals surface area (Å²) in [6.45, 7) is 6.23. The molecule has 0 aliphatic carbocycles.